The average molecular weight is 389 g/mol. The molecule has 1 aromatic carbocycles. The summed E-state index contributed by atoms with van der Waals surface area (Å²) in [5.41, 5.74) is 0.459. The van der Waals surface area contributed by atoms with E-state index in [9.17, 15) is 14.0 Å². The third kappa shape index (κ3) is 4.17. The molecule has 26 heavy (non-hydrogen) atoms. The summed E-state index contributed by atoms with van der Waals surface area (Å²) >= 11 is 2.66. The Morgan fingerprint density at radius 2 is 1.96 bits per heavy atom. The lowest BCUT2D eigenvalue weighted by Crippen LogP contribution is -2.29. The number of hydrogen-bond acceptors (Lipinski definition) is 5. The molecule has 0 bridgehead atoms. The minimum Gasteiger partial charge on any atom is -0.469 e. The zero-order valence-corrected chi connectivity index (χ0v) is 15.5. The van der Waals surface area contributed by atoms with Gasteiger partial charge in [-0.3, -0.25) is 9.59 Å². The number of amides is 1. The molecule has 0 spiro atoms. The first-order valence-electron chi connectivity index (χ1n) is 7.84. The van der Waals surface area contributed by atoms with E-state index in [4.69, 9.17) is 4.74 Å². The van der Waals surface area contributed by atoms with Crippen molar-refractivity contribution in [3.05, 3.63) is 69.5 Å². The fraction of sp³-hybridized carbons (Fsp3) is 0.158. The fourth-order valence-electron chi connectivity index (χ4n) is 2.46. The lowest BCUT2D eigenvalue weighted by atomic mass is 10.1. The third-order valence-electron chi connectivity index (χ3n) is 3.76. The quantitative estimate of drug-likeness (QED) is 0.625. The number of nitrogens with one attached hydrogen (secondary N) is 1. The average Bonchev–Trinajstić information content (AvgIpc) is 3.33. The molecule has 7 heteroatoms. The molecular weight excluding hydrogens is 373 g/mol. The van der Waals surface area contributed by atoms with Crippen LogP contribution in [-0.2, 0) is 9.53 Å². The normalized spacial score (nSPS) is 11.8. The summed E-state index contributed by atoms with van der Waals surface area (Å²) in [7, 11) is 1.32. The number of methoxy groups -OCH3 is 1. The van der Waals surface area contributed by atoms with Crippen molar-refractivity contribution in [3.8, 4) is 10.4 Å². The van der Waals surface area contributed by atoms with E-state index < -0.39 is 12.0 Å². The molecule has 0 aliphatic carbocycles. The Bertz CT molecular complexity index is 905. The maximum Gasteiger partial charge on any atom is 0.307 e. The van der Waals surface area contributed by atoms with E-state index in [-0.39, 0.29) is 18.1 Å². The van der Waals surface area contributed by atoms with Gasteiger partial charge in [-0.1, -0.05) is 24.3 Å². The molecule has 0 fully saturated rings. The van der Waals surface area contributed by atoms with Crippen LogP contribution in [0.4, 0.5) is 4.39 Å². The van der Waals surface area contributed by atoms with Crippen molar-refractivity contribution in [1.82, 2.24) is 5.32 Å². The smallest absolute Gasteiger partial charge is 0.307 e. The molecule has 3 aromatic rings. The van der Waals surface area contributed by atoms with Gasteiger partial charge in [0.1, 0.15) is 5.82 Å². The van der Waals surface area contributed by atoms with E-state index >= 15 is 0 Å². The number of hydrogen-bond donors (Lipinski definition) is 1. The zero-order valence-electron chi connectivity index (χ0n) is 13.9. The van der Waals surface area contributed by atoms with E-state index in [0.717, 1.165) is 4.88 Å². The molecule has 0 saturated carbocycles. The molecule has 1 atom stereocenters. The number of rotatable bonds is 6. The molecular formula is C19H16FNO3S2. The van der Waals surface area contributed by atoms with Crippen molar-refractivity contribution >= 4 is 34.6 Å². The Hall–Kier alpha value is -2.51. The number of carbonyl (C=O) groups excluding carboxylic acids is 2. The number of benzene rings is 1. The van der Waals surface area contributed by atoms with E-state index in [1.54, 1.807) is 30.3 Å². The lowest BCUT2D eigenvalue weighted by molar-refractivity contribution is -0.141. The van der Waals surface area contributed by atoms with Crippen molar-refractivity contribution in [1.29, 1.82) is 0 Å². The third-order valence-corrected chi connectivity index (χ3v) is 5.86. The van der Waals surface area contributed by atoms with Crippen LogP contribution in [0, 0.1) is 5.82 Å². The first-order valence-corrected chi connectivity index (χ1v) is 9.54. The Morgan fingerprint density at radius 3 is 2.65 bits per heavy atom. The summed E-state index contributed by atoms with van der Waals surface area (Å²) in [5.74, 6) is -1.04. The van der Waals surface area contributed by atoms with E-state index in [0.29, 0.717) is 15.3 Å². The van der Waals surface area contributed by atoms with Gasteiger partial charge in [-0.15, -0.1) is 22.7 Å². The molecule has 1 amide bonds. The van der Waals surface area contributed by atoms with E-state index in [1.165, 1.54) is 35.8 Å². The Kier molecular flexibility index (Phi) is 5.80. The van der Waals surface area contributed by atoms with Gasteiger partial charge in [0.25, 0.3) is 5.91 Å². The molecule has 2 heterocycles. The Labute approximate surface area is 158 Å². The standard InChI is InChI=1S/C19H16FNO3S2/c1-24-18(22)11-14(16-7-4-10-25-16)21-19(23)17-9-8-15(26-17)12-5-2-3-6-13(12)20/h2-10,14H,11H2,1H3,(H,21,23). The topological polar surface area (TPSA) is 55.4 Å². The molecule has 4 nitrogen and oxygen atoms in total. The van der Waals surface area contributed by atoms with E-state index in [2.05, 4.69) is 5.32 Å². The van der Waals surface area contributed by atoms with Gasteiger partial charge in [-0.25, -0.2) is 4.39 Å². The predicted molar refractivity (Wildman–Crippen MR) is 101 cm³/mol. The maximum atomic E-state index is 13.9. The van der Waals surface area contributed by atoms with Crippen LogP contribution in [0.25, 0.3) is 10.4 Å². The van der Waals surface area contributed by atoms with Crippen LogP contribution in [0.15, 0.2) is 53.9 Å². The highest BCUT2D eigenvalue weighted by molar-refractivity contribution is 7.17. The van der Waals surface area contributed by atoms with Gasteiger partial charge in [0, 0.05) is 15.3 Å². The van der Waals surface area contributed by atoms with Crippen LogP contribution in [0.2, 0.25) is 0 Å². The lowest BCUT2D eigenvalue weighted by Gasteiger charge is -2.15. The maximum absolute atomic E-state index is 13.9. The molecule has 0 aliphatic rings. The van der Waals surface area contributed by atoms with Crippen LogP contribution in [0.3, 0.4) is 0 Å². The molecule has 1 N–H and O–H groups in total. The minimum absolute atomic E-state index is 0.0499. The van der Waals surface area contributed by atoms with Crippen LogP contribution < -0.4 is 5.32 Å². The summed E-state index contributed by atoms with van der Waals surface area (Å²) in [6.07, 6.45) is 0.0499. The van der Waals surface area contributed by atoms with Crippen molar-refractivity contribution in [3.63, 3.8) is 0 Å². The molecule has 0 radical (unpaired) electrons. The molecule has 0 saturated heterocycles. The van der Waals surface area contributed by atoms with Gasteiger partial charge in [-0.2, -0.15) is 0 Å². The predicted octanol–water partition coefficient (Wildman–Crippen LogP) is 4.65. The highest BCUT2D eigenvalue weighted by atomic mass is 32.1. The zero-order chi connectivity index (χ0) is 18.5. The molecule has 0 aliphatic heterocycles. The fourth-order valence-corrected chi connectivity index (χ4v) is 4.17. The summed E-state index contributed by atoms with van der Waals surface area (Å²) < 4.78 is 18.6. The van der Waals surface area contributed by atoms with Gasteiger partial charge in [0.2, 0.25) is 0 Å². The highest BCUT2D eigenvalue weighted by Gasteiger charge is 2.21. The van der Waals surface area contributed by atoms with Gasteiger partial charge < -0.3 is 10.1 Å². The summed E-state index contributed by atoms with van der Waals surface area (Å²) in [6, 6.07) is 13.1. The first kappa shape index (κ1) is 18.3. The van der Waals surface area contributed by atoms with Gasteiger partial charge in [-0.05, 0) is 29.6 Å². The number of ether oxygens (including phenoxy) is 1. The van der Waals surface area contributed by atoms with Gasteiger partial charge in [0.05, 0.1) is 24.4 Å². The molecule has 2 aromatic heterocycles. The summed E-state index contributed by atoms with van der Waals surface area (Å²) in [6.45, 7) is 0. The van der Waals surface area contributed by atoms with Crippen molar-refractivity contribution in [2.24, 2.45) is 0 Å². The molecule has 3 rings (SSSR count). The molecule has 1 unspecified atom stereocenters. The van der Waals surface area contributed by atoms with Gasteiger partial charge >= 0.3 is 5.97 Å². The van der Waals surface area contributed by atoms with E-state index in [1.807, 2.05) is 17.5 Å². The highest BCUT2D eigenvalue weighted by Crippen LogP contribution is 2.31. The summed E-state index contributed by atoms with van der Waals surface area (Å²) in [5, 5.41) is 4.75. The largest absolute Gasteiger partial charge is 0.469 e. The van der Waals surface area contributed by atoms with Crippen LogP contribution in [-0.4, -0.2) is 19.0 Å². The summed E-state index contributed by atoms with van der Waals surface area (Å²) in [4.78, 5) is 26.3. The van der Waals surface area contributed by atoms with Crippen molar-refractivity contribution in [2.45, 2.75) is 12.5 Å². The van der Waals surface area contributed by atoms with Crippen LogP contribution >= 0.6 is 22.7 Å². The minimum atomic E-state index is -0.464. The molecule has 134 valence electrons. The monoisotopic (exact) mass is 389 g/mol. The number of carbonyl (C=O) groups is 2. The Morgan fingerprint density at radius 1 is 1.15 bits per heavy atom. The van der Waals surface area contributed by atoms with Crippen LogP contribution in [0.5, 0.6) is 0 Å². The van der Waals surface area contributed by atoms with Crippen molar-refractivity contribution in [2.75, 3.05) is 7.11 Å². The number of thiophene rings is 2. The number of halogens is 1. The first-order chi connectivity index (χ1) is 12.6. The SMILES string of the molecule is COC(=O)CC(NC(=O)c1ccc(-c2ccccc2F)s1)c1cccs1. The number of esters is 1. The van der Waals surface area contributed by atoms with Crippen molar-refractivity contribution < 1.29 is 18.7 Å². The second kappa shape index (κ2) is 8.25. The Balaban J connectivity index is 1.78. The second-order valence-corrected chi connectivity index (χ2v) is 7.53. The second-order valence-electron chi connectivity index (χ2n) is 5.47. The van der Waals surface area contributed by atoms with Crippen LogP contribution in [0.1, 0.15) is 27.0 Å². The van der Waals surface area contributed by atoms with Gasteiger partial charge in [0.15, 0.2) is 0 Å².